The molecule has 3 heterocycles. The van der Waals surface area contributed by atoms with Gasteiger partial charge in [0.05, 0.1) is 5.52 Å². The maximum atomic E-state index is 12.1. The molecular weight excluding hydrogens is 319 g/mol. The van der Waals surface area contributed by atoms with Gasteiger partial charge in [-0.3, -0.25) is 4.79 Å². The number of nitrogens with zero attached hydrogens (tertiary/aromatic N) is 2. The zero-order valence-corrected chi connectivity index (χ0v) is 11.7. The molecule has 3 rings (SSSR count). The fraction of sp³-hybridized carbons (Fsp3) is 0.154. The summed E-state index contributed by atoms with van der Waals surface area (Å²) in [6.45, 7) is -1.43. The number of ether oxygens (including phenoxy) is 1. The Kier molecular flexibility index (Phi) is 3.57. The molecule has 0 bridgehead atoms. The molecule has 0 unspecified atom stereocenters. The van der Waals surface area contributed by atoms with Crippen molar-refractivity contribution in [2.45, 2.75) is 6.18 Å². The van der Waals surface area contributed by atoms with Crippen LogP contribution in [-0.4, -0.2) is 27.7 Å². The summed E-state index contributed by atoms with van der Waals surface area (Å²) in [5.74, 6) is 0.0537. The molecule has 0 aliphatic rings. The van der Waals surface area contributed by atoms with Crippen LogP contribution in [0.1, 0.15) is 0 Å². The number of aromatic nitrogens is 3. The third kappa shape index (κ3) is 3.08. The molecule has 0 saturated carbocycles. The average Bonchev–Trinajstić information content (AvgIpc) is 2.94. The summed E-state index contributed by atoms with van der Waals surface area (Å²) in [7, 11) is 0. The number of pyridine rings is 1. The molecule has 0 saturated heterocycles. The first-order chi connectivity index (χ1) is 10.4. The second-order valence-electron chi connectivity index (χ2n) is 4.34. The zero-order chi connectivity index (χ0) is 15.7. The molecule has 0 aliphatic heterocycles. The van der Waals surface area contributed by atoms with Crippen molar-refractivity contribution in [3.05, 3.63) is 40.1 Å². The van der Waals surface area contributed by atoms with Crippen molar-refractivity contribution >= 4 is 21.6 Å². The fourth-order valence-electron chi connectivity index (χ4n) is 1.80. The molecule has 0 fully saturated rings. The monoisotopic (exact) mass is 327 g/mol. The van der Waals surface area contributed by atoms with Gasteiger partial charge in [0.25, 0.3) is 5.56 Å². The van der Waals surface area contributed by atoms with E-state index >= 15 is 0 Å². The number of H-pyrrole nitrogens is 1. The first-order valence-corrected chi connectivity index (χ1v) is 6.94. The Hall–Kier alpha value is -2.42. The molecule has 9 heteroatoms. The van der Waals surface area contributed by atoms with Gasteiger partial charge >= 0.3 is 6.18 Å². The van der Waals surface area contributed by atoms with Gasteiger partial charge in [-0.2, -0.15) is 13.2 Å². The Morgan fingerprint density at radius 1 is 1.32 bits per heavy atom. The Morgan fingerprint density at radius 2 is 2.14 bits per heavy atom. The largest absolute Gasteiger partial charge is 0.468 e. The van der Waals surface area contributed by atoms with Gasteiger partial charge in [-0.25, -0.2) is 9.97 Å². The lowest BCUT2D eigenvalue weighted by atomic mass is 10.2. The summed E-state index contributed by atoms with van der Waals surface area (Å²) in [4.78, 5) is 22.5. The van der Waals surface area contributed by atoms with Gasteiger partial charge in [-0.1, -0.05) is 0 Å². The van der Waals surface area contributed by atoms with E-state index in [9.17, 15) is 18.0 Å². The standard InChI is InChI=1S/C13H8F3N3O2S/c14-13(15,16)6-21-9-5-7(1-3-17-9)11-18-8-2-4-22-10(8)12(20)19-11/h1-5H,6H2,(H,18,19,20). The minimum Gasteiger partial charge on any atom is -0.468 e. The number of halogens is 3. The van der Waals surface area contributed by atoms with Gasteiger partial charge in [0.2, 0.25) is 5.88 Å². The van der Waals surface area contributed by atoms with Crippen molar-refractivity contribution in [2.75, 3.05) is 6.61 Å². The van der Waals surface area contributed by atoms with Crippen LogP contribution in [0, 0.1) is 0 Å². The van der Waals surface area contributed by atoms with Gasteiger partial charge in [0, 0.05) is 17.8 Å². The van der Waals surface area contributed by atoms with Crippen LogP contribution in [0.15, 0.2) is 34.6 Å². The van der Waals surface area contributed by atoms with Crippen LogP contribution in [0.2, 0.25) is 0 Å². The number of fused-ring (bicyclic) bond motifs is 1. The lowest BCUT2D eigenvalue weighted by Crippen LogP contribution is -2.19. The summed E-state index contributed by atoms with van der Waals surface area (Å²) in [6.07, 6.45) is -3.15. The van der Waals surface area contributed by atoms with Crippen molar-refractivity contribution in [1.82, 2.24) is 15.0 Å². The van der Waals surface area contributed by atoms with Gasteiger partial charge in [-0.15, -0.1) is 11.3 Å². The van der Waals surface area contributed by atoms with Gasteiger partial charge in [0.1, 0.15) is 10.5 Å². The molecule has 0 aliphatic carbocycles. The molecule has 1 N–H and O–H groups in total. The predicted molar refractivity (Wildman–Crippen MR) is 75.0 cm³/mol. The number of rotatable bonds is 3. The maximum Gasteiger partial charge on any atom is 0.422 e. The molecule has 0 radical (unpaired) electrons. The molecule has 0 atom stereocenters. The molecular formula is C13H8F3N3O2S. The van der Waals surface area contributed by atoms with Gasteiger partial charge in [-0.05, 0) is 17.5 Å². The van der Waals surface area contributed by atoms with Crippen LogP contribution in [0.5, 0.6) is 5.88 Å². The number of thiophene rings is 1. The Bertz CT molecular complexity index is 873. The lowest BCUT2D eigenvalue weighted by Gasteiger charge is -2.09. The SMILES string of the molecule is O=c1[nH]c(-c2ccnc(OCC(F)(F)F)c2)nc2ccsc12. The van der Waals surface area contributed by atoms with Crippen molar-refractivity contribution in [3.8, 4) is 17.3 Å². The maximum absolute atomic E-state index is 12.1. The normalized spacial score (nSPS) is 11.8. The van der Waals surface area contributed by atoms with E-state index in [0.29, 0.717) is 15.8 Å². The van der Waals surface area contributed by atoms with E-state index in [-0.39, 0.29) is 17.3 Å². The molecule has 0 aromatic carbocycles. The van der Waals surface area contributed by atoms with Gasteiger partial charge < -0.3 is 9.72 Å². The summed E-state index contributed by atoms with van der Waals surface area (Å²) >= 11 is 1.26. The van der Waals surface area contributed by atoms with Crippen LogP contribution in [0.4, 0.5) is 13.2 Å². The Balaban J connectivity index is 1.95. The first kappa shape index (κ1) is 14.5. The topological polar surface area (TPSA) is 67.9 Å². The van der Waals surface area contributed by atoms with E-state index in [1.807, 2.05) is 0 Å². The van der Waals surface area contributed by atoms with E-state index in [1.54, 1.807) is 11.4 Å². The van der Waals surface area contributed by atoms with E-state index in [1.165, 1.54) is 29.7 Å². The highest BCUT2D eigenvalue weighted by molar-refractivity contribution is 7.17. The first-order valence-electron chi connectivity index (χ1n) is 6.06. The minimum atomic E-state index is -4.44. The second-order valence-corrected chi connectivity index (χ2v) is 5.25. The van der Waals surface area contributed by atoms with Crippen molar-refractivity contribution in [3.63, 3.8) is 0 Å². The molecule has 0 amide bonds. The second kappa shape index (κ2) is 5.41. The number of nitrogens with one attached hydrogen (secondary N) is 1. The van der Waals surface area contributed by atoms with E-state index in [0.717, 1.165) is 0 Å². The Morgan fingerprint density at radius 3 is 2.91 bits per heavy atom. The molecule has 3 aromatic rings. The van der Waals surface area contributed by atoms with Gasteiger partial charge in [0.15, 0.2) is 6.61 Å². The minimum absolute atomic E-state index is 0.192. The van der Waals surface area contributed by atoms with Crippen LogP contribution >= 0.6 is 11.3 Å². The average molecular weight is 327 g/mol. The van der Waals surface area contributed by atoms with Crippen molar-refractivity contribution in [1.29, 1.82) is 0 Å². The fourth-order valence-corrected chi connectivity index (χ4v) is 2.53. The van der Waals surface area contributed by atoms with Crippen molar-refractivity contribution in [2.24, 2.45) is 0 Å². The molecule has 114 valence electrons. The van der Waals surface area contributed by atoms with Crippen molar-refractivity contribution < 1.29 is 17.9 Å². The lowest BCUT2D eigenvalue weighted by molar-refractivity contribution is -0.154. The number of hydrogen-bond acceptors (Lipinski definition) is 5. The third-order valence-corrected chi connectivity index (χ3v) is 3.61. The number of hydrogen-bond donors (Lipinski definition) is 1. The third-order valence-electron chi connectivity index (χ3n) is 2.71. The summed E-state index contributed by atoms with van der Waals surface area (Å²) in [6, 6.07) is 4.51. The summed E-state index contributed by atoms with van der Waals surface area (Å²) in [5.41, 5.74) is 0.639. The van der Waals surface area contributed by atoms with E-state index in [2.05, 4.69) is 19.7 Å². The van der Waals surface area contributed by atoms with Crippen LogP contribution < -0.4 is 10.3 Å². The van der Waals surface area contributed by atoms with Crippen LogP contribution in [0.25, 0.3) is 21.6 Å². The molecule has 22 heavy (non-hydrogen) atoms. The smallest absolute Gasteiger partial charge is 0.422 e. The highest BCUT2D eigenvalue weighted by Gasteiger charge is 2.28. The predicted octanol–water partition coefficient (Wildman–Crippen LogP) is 2.99. The highest BCUT2D eigenvalue weighted by Crippen LogP contribution is 2.22. The summed E-state index contributed by atoms with van der Waals surface area (Å²) in [5, 5.41) is 1.74. The molecule has 0 spiro atoms. The van der Waals surface area contributed by atoms with E-state index < -0.39 is 12.8 Å². The summed E-state index contributed by atoms with van der Waals surface area (Å²) < 4.78 is 41.5. The van der Waals surface area contributed by atoms with E-state index in [4.69, 9.17) is 0 Å². The van der Waals surface area contributed by atoms with Crippen LogP contribution in [0.3, 0.4) is 0 Å². The number of aromatic amines is 1. The quantitative estimate of drug-likeness (QED) is 0.803. The Labute approximate surface area is 125 Å². The zero-order valence-electron chi connectivity index (χ0n) is 10.8. The van der Waals surface area contributed by atoms with Crippen LogP contribution in [-0.2, 0) is 0 Å². The highest BCUT2D eigenvalue weighted by atomic mass is 32.1. The molecule has 3 aromatic heterocycles. The molecule has 5 nitrogen and oxygen atoms in total. The number of alkyl halides is 3.